The molecule has 3 heterocycles. The molecule has 2 N–H and O–H groups in total. The van der Waals surface area contributed by atoms with Gasteiger partial charge in [0, 0.05) is 12.1 Å². The molecule has 0 aliphatic carbocycles. The van der Waals surface area contributed by atoms with Gasteiger partial charge in [-0.3, -0.25) is 19.3 Å². The number of nitrogens with one attached hydrogen (secondary N) is 2. The summed E-state index contributed by atoms with van der Waals surface area (Å²) in [6.45, 7) is 3.07. The average Bonchev–Trinajstić information content (AvgIpc) is 3.59. The quantitative estimate of drug-likeness (QED) is 0.310. The van der Waals surface area contributed by atoms with Crippen LogP contribution < -0.4 is 20.3 Å². The van der Waals surface area contributed by atoms with Crippen molar-refractivity contribution >= 4 is 16.9 Å². The smallest absolute Gasteiger partial charge is 0.269 e. The molecule has 38 heavy (non-hydrogen) atoms. The predicted molar refractivity (Wildman–Crippen MR) is 142 cm³/mol. The second-order valence-electron chi connectivity index (χ2n) is 8.76. The second-order valence-corrected chi connectivity index (χ2v) is 8.76. The van der Waals surface area contributed by atoms with Gasteiger partial charge in [0.25, 0.3) is 11.5 Å². The summed E-state index contributed by atoms with van der Waals surface area (Å²) in [4.78, 5) is 30.1. The molecule has 0 radical (unpaired) electrons. The highest BCUT2D eigenvalue weighted by Gasteiger charge is 2.16. The van der Waals surface area contributed by atoms with Crippen LogP contribution in [-0.2, 0) is 13.1 Å². The predicted octanol–water partition coefficient (Wildman–Crippen LogP) is 2.79. The van der Waals surface area contributed by atoms with Crippen molar-refractivity contribution in [1.29, 1.82) is 0 Å². The van der Waals surface area contributed by atoms with Gasteiger partial charge in [0.2, 0.25) is 0 Å². The molecule has 1 amide bonds. The molecular weight excluding hydrogens is 486 g/mol. The number of carbonyl (C=O) groups is 1. The molecule has 0 saturated carbocycles. The van der Waals surface area contributed by atoms with Crippen molar-refractivity contribution in [2.45, 2.75) is 20.0 Å². The zero-order chi connectivity index (χ0) is 26.6. The largest absolute Gasteiger partial charge is 0.497 e. The zero-order valence-corrected chi connectivity index (χ0v) is 21.3. The van der Waals surface area contributed by atoms with Crippen molar-refractivity contribution in [2.24, 2.45) is 0 Å². The van der Waals surface area contributed by atoms with E-state index in [2.05, 4.69) is 25.6 Å². The first kappa shape index (κ1) is 24.8. The summed E-state index contributed by atoms with van der Waals surface area (Å²) in [5.41, 5.74) is 4.03. The third-order valence-corrected chi connectivity index (χ3v) is 6.21. The van der Waals surface area contributed by atoms with E-state index < -0.39 is 0 Å². The molecule has 2 aromatic carbocycles. The molecule has 11 nitrogen and oxygen atoms in total. The molecule has 3 aromatic heterocycles. The number of hydrogen-bond donors (Lipinski definition) is 2. The van der Waals surface area contributed by atoms with Gasteiger partial charge in [-0.25, -0.2) is 9.67 Å². The molecule has 0 saturated heterocycles. The van der Waals surface area contributed by atoms with E-state index in [1.54, 1.807) is 47.7 Å². The molecule has 0 aliphatic rings. The maximum Gasteiger partial charge on any atom is 0.269 e. The minimum absolute atomic E-state index is 0.163. The number of fused-ring (bicyclic) bond motifs is 1. The summed E-state index contributed by atoms with van der Waals surface area (Å²) in [6.07, 6.45) is 3.04. The molecule has 11 heteroatoms. The molecule has 0 fully saturated rings. The van der Waals surface area contributed by atoms with Gasteiger partial charge < -0.3 is 14.8 Å². The first-order valence-electron chi connectivity index (χ1n) is 12.0. The third-order valence-electron chi connectivity index (χ3n) is 6.21. The van der Waals surface area contributed by atoms with E-state index in [0.29, 0.717) is 52.6 Å². The van der Waals surface area contributed by atoms with Crippen molar-refractivity contribution in [3.63, 3.8) is 0 Å². The van der Waals surface area contributed by atoms with Crippen LogP contribution in [0.3, 0.4) is 0 Å². The van der Waals surface area contributed by atoms with Crippen LogP contribution in [-0.4, -0.2) is 56.2 Å². The maximum atomic E-state index is 13.0. The van der Waals surface area contributed by atoms with E-state index in [1.165, 1.54) is 12.5 Å². The van der Waals surface area contributed by atoms with Gasteiger partial charge in [-0.05, 0) is 36.8 Å². The Bertz CT molecular complexity index is 1650. The first-order chi connectivity index (χ1) is 18.5. The second kappa shape index (κ2) is 10.6. The number of hydrogen-bond acceptors (Lipinski definition) is 7. The van der Waals surface area contributed by atoms with Crippen LogP contribution in [0.15, 0.2) is 65.8 Å². The van der Waals surface area contributed by atoms with Gasteiger partial charge in [0.1, 0.15) is 28.9 Å². The van der Waals surface area contributed by atoms with Gasteiger partial charge in [0.05, 0.1) is 39.2 Å². The molecule has 194 valence electrons. The molecule has 0 atom stereocenters. The van der Waals surface area contributed by atoms with Crippen LogP contribution in [0.1, 0.15) is 21.6 Å². The highest BCUT2D eigenvalue weighted by molar-refractivity contribution is 5.93. The number of aromatic nitrogens is 6. The van der Waals surface area contributed by atoms with Gasteiger partial charge in [-0.2, -0.15) is 10.2 Å². The van der Waals surface area contributed by atoms with Crippen LogP contribution in [0.4, 0.5) is 0 Å². The van der Waals surface area contributed by atoms with E-state index in [1.807, 2.05) is 31.2 Å². The minimum atomic E-state index is -0.324. The number of aromatic amines is 1. The summed E-state index contributed by atoms with van der Waals surface area (Å²) in [5.74, 6) is 0.938. The van der Waals surface area contributed by atoms with Crippen molar-refractivity contribution in [1.82, 2.24) is 34.8 Å². The first-order valence-corrected chi connectivity index (χ1v) is 12.0. The lowest BCUT2D eigenvalue weighted by atomic mass is 10.1. The number of carbonyl (C=O) groups excluding carboxylic acids is 1. The summed E-state index contributed by atoms with van der Waals surface area (Å²) in [7, 11) is 3.15. The van der Waals surface area contributed by atoms with Crippen molar-refractivity contribution in [2.75, 3.05) is 20.8 Å². The third kappa shape index (κ3) is 4.99. The Hall–Kier alpha value is -4.93. The number of benzene rings is 2. The van der Waals surface area contributed by atoms with E-state index in [-0.39, 0.29) is 18.0 Å². The minimum Gasteiger partial charge on any atom is -0.497 e. The van der Waals surface area contributed by atoms with E-state index >= 15 is 0 Å². The lowest BCUT2D eigenvalue weighted by Gasteiger charge is -2.08. The van der Waals surface area contributed by atoms with Crippen molar-refractivity contribution in [3.8, 4) is 22.8 Å². The molecule has 5 rings (SSSR count). The molecule has 0 bridgehead atoms. The highest BCUT2D eigenvalue weighted by Crippen LogP contribution is 2.32. The number of ether oxygens (including phenoxy) is 2. The summed E-state index contributed by atoms with van der Waals surface area (Å²) < 4.78 is 13.9. The van der Waals surface area contributed by atoms with Crippen LogP contribution >= 0.6 is 0 Å². The molecule has 0 unspecified atom stereocenters. The van der Waals surface area contributed by atoms with Gasteiger partial charge in [-0.15, -0.1) is 0 Å². The van der Waals surface area contributed by atoms with Gasteiger partial charge in [-0.1, -0.05) is 29.8 Å². The van der Waals surface area contributed by atoms with E-state index in [0.717, 1.165) is 11.1 Å². The number of aryl methyl sites for hydroxylation is 1. The molecule has 5 aromatic rings. The van der Waals surface area contributed by atoms with Crippen LogP contribution in [0, 0.1) is 6.92 Å². The van der Waals surface area contributed by atoms with Crippen molar-refractivity contribution < 1.29 is 14.3 Å². The van der Waals surface area contributed by atoms with E-state index in [4.69, 9.17) is 9.47 Å². The lowest BCUT2D eigenvalue weighted by Crippen LogP contribution is -2.28. The maximum absolute atomic E-state index is 13.0. The Morgan fingerprint density at radius 3 is 2.66 bits per heavy atom. The number of methoxy groups -OCH3 is 2. The number of H-pyrrole nitrogens is 1. The topological polar surface area (TPSA) is 129 Å². The number of amides is 1. The summed E-state index contributed by atoms with van der Waals surface area (Å²) in [6, 6.07) is 15.0. The summed E-state index contributed by atoms with van der Waals surface area (Å²) >= 11 is 0. The fourth-order valence-corrected chi connectivity index (χ4v) is 4.12. The van der Waals surface area contributed by atoms with Crippen molar-refractivity contribution in [3.05, 3.63) is 88.2 Å². The molecule has 0 aliphatic heterocycles. The zero-order valence-electron chi connectivity index (χ0n) is 21.3. The van der Waals surface area contributed by atoms with E-state index in [9.17, 15) is 9.59 Å². The Morgan fingerprint density at radius 2 is 1.89 bits per heavy atom. The Labute approximate surface area is 218 Å². The molecule has 0 spiro atoms. The van der Waals surface area contributed by atoms with Gasteiger partial charge in [0.15, 0.2) is 5.65 Å². The average molecular weight is 514 g/mol. The number of rotatable bonds is 9. The standard InChI is InChI=1S/C27H27N7O4/c1-17-4-6-18(7-5-17)15-33-16-29-25-21(27(33)36)14-30-34(25)11-10-28-26(35)23-13-22(31-32-23)20-12-19(37-2)8-9-24(20)38-3/h4-9,12-14,16H,10-11,15H2,1-3H3,(H,28,35)(H,31,32). The van der Waals surface area contributed by atoms with Crippen LogP contribution in [0.25, 0.3) is 22.3 Å². The van der Waals surface area contributed by atoms with Crippen LogP contribution in [0.2, 0.25) is 0 Å². The SMILES string of the molecule is COc1ccc(OC)c(-c2cc(C(=O)NCCn3ncc4c(=O)n(Cc5ccc(C)cc5)cnc43)[nH]n2)c1. The molecular formula is C27H27N7O4. The Kier molecular flexibility index (Phi) is 6.90. The Balaban J connectivity index is 1.24. The normalized spacial score (nSPS) is 11.0. The lowest BCUT2D eigenvalue weighted by molar-refractivity contribution is 0.0947. The van der Waals surface area contributed by atoms with Crippen LogP contribution in [0.5, 0.6) is 11.5 Å². The number of nitrogens with zero attached hydrogens (tertiary/aromatic N) is 5. The summed E-state index contributed by atoms with van der Waals surface area (Å²) in [5, 5.41) is 14.6. The monoisotopic (exact) mass is 513 g/mol. The Morgan fingerprint density at radius 1 is 1.08 bits per heavy atom. The fraction of sp³-hybridized carbons (Fsp3) is 0.222. The fourth-order valence-electron chi connectivity index (χ4n) is 4.12. The highest BCUT2D eigenvalue weighted by atomic mass is 16.5. The van der Waals surface area contributed by atoms with Gasteiger partial charge >= 0.3 is 0 Å².